The number of hydrogen-bond donors (Lipinski definition) is 1. The lowest BCUT2D eigenvalue weighted by Crippen LogP contribution is -2.21. The molecule has 1 aromatic heterocycles. The van der Waals surface area contributed by atoms with Crippen molar-refractivity contribution in [2.45, 2.75) is 12.3 Å². The molecule has 8 nitrogen and oxygen atoms in total. The SMILES string of the molecule is COc1cc(C2CC(=O)Oc3ccc4c(c32)O/C(=C\c2ccco2)C4=O)cc(OC)c1O. The highest BCUT2D eigenvalue weighted by atomic mass is 16.5. The topological polar surface area (TPSA) is 104 Å². The van der Waals surface area contributed by atoms with E-state index >= 15 is 0 Å². The number of fused-ring (bicyclic) bond motifs is 3. The van der Waals surface area contributed by atoms with Gasteiger partial charge in [0.2, 0.25) is 11.5 Å². The minimum absolute atomic E-state index is 0.00925. The normalized spacial score (nSPS) is 18.1. The molecule has 2 aromatic carbocycles. The van der Waals surface area contributed by atoms with Crippen LogP contribution in [0, 0.1) is 0 Å². The number of phenolic OH excluding ortho intramolecular Hbond substituents is 1. The number of methoxy groups -OCH3 is 2. The molecule has 0 fully saturated rings. The summed E-state index contributed by atoms with van der Waals surface area (Å²) in [6.45, 7) is 0. The number of Topliss-reactive ketones (excluding diaryl/α,β-unsaturated/α-hetero) is 1. The third-order valence-corrected chi connectivity index (χ3v) is 5.50. The standard InChI is InChI=1S/C24H18O8/c1-28-17-8-12(9-18(29-2)23(17)27)15-11-20(25)31-16-6-5-14-22(26)19(32-24(14)21(15)16)10-13-4-3-7-30-13/h3-10,15,27H,11H2,1-2H3/b19-10-. The Morgan fingerprint density at radius 2 is 1.81 bits per heavy atom. The van der Waals surface area contributed by atoms with E-state index in [-0.39, 0.29) is 35.2 Å². The summed E-state index contributed by atoms with van der Waals surface area (Å²) in [5, 5.41) is 10.3. The molecule has 8 heteroatoms. The van der Waals surface area contributed by atoms with Crippen LogP contribution in [-0.4, -0.2) is 31.1 Å². The first kappa shape index (κ1) is 19.7. The number of esters is 1. The van der Waals surface area contributed by atoms with Crippen LogP contribution in [-0.2, 0) is 4.79 Å². The second-order valence-electron chi connectivity index (χ2n) is 7.31. The van der Waals surface area contributed by atoms with Gasteiger partial charge < -0.3 is 28.5 Å². The van der Waals surface area contributed by atoms with Crippen molar-refractivity contribution in [3.63, 3.8) is 0 Å². The summed E-state index contributed by atoms with van der Waals surface area (Å²) in [4.78, 5) is 25.3. The summed E-state index contributed by atoms with van der Waals surface area (Å²) in [6.07, 6.45) is 3.03. The van der Waals surface area contributed by atoms with Crippen LogP contribution in [0.15, 0.2) is 52.8 Å². The average Bonchev–Trinajstić information content (AvgIpc) is 3.41. The number of aromatic hydroxyl groups is 1. The average molecular weight is 434 g/mol. The van der Waals surface area contributed by atoms with Gasteiger partial charge in [-0.25, -0.2) is 0 Å². The molecule has 162 valence electrons. The number of ketones is 1. The first-order valence-electron chi connectivity index (χ1n) is 9.80. The number of furan rings is 1. The van der Waals surface area contributed by atoms with Gasteiger partial charge in [0.15, 0.2) is 17.3 Å². The molecule has 0 spiro atoms. The van der Waals surface area contributed by atoms with Gasteiger partial charge in [-0.3, -0.25) is 9.59 Å². The number of carbonyl (C=O) groups excluding carboxylic acids is 2. The second kappa shape index (κ2) is 7.49. The molecular weight excluding hydrogens is 416 g/mol. The predicted molar refractivity (Wildman–Crippen MR) is 111 cm³/mol. The van der Waals surface area contributed by atoms with Crippen LogP contribution in [0.2, 0.25) is 0 Å². The Kier molecular flexibility index (Phi) is 4.62. The Hall–Kier alpha value is -4.20. The van der Waals surface area contributed by atoms with Gasteiger partial charge >= 0.3 is 5.97 Å². The lowest BCUT2D eigenvalue weighted by atomic mass is 9.84. The first-order valence-corrected chi connectivity index (χ1v) is 9.80. The molecule has 2 aliphatic heterocycles. The van der Waals surface area contributed by atoms with Gasteiger partial charge in [-0.05, 0) is 42.0 Å². The fourth-order valence-corrected chi connectivity index (χ4v) is 4.01. The molecule has 0 saturated heterocycles. The van der Waals surface area contributed by atoms with E-state index in [2.05, 4.69) is 0 Å². The zero-order chi connectivity index (χ0) is 22.4. The van der Waals surface area contributed by atoms with Gasteiger partial charge in [-0.15, -0.1) is 0 Å². The quantitative estimate of drug-likeness (QED) is 0.372. The van der Waals surface area contributed by atoms with E-state index in [1.165, 1.54) is 26.6 Å². The lowest BCUT2D eigenvalue weighted by molar-refractivity contribution is -0.135. The molecule has 1 atom stereocenters. The van der Waals surface area contributed by atoms with Crippen LogP contribution >= 0.6 is 0 Å². The van der Waals surface area contributed by atoms with Gasteiger partial charge in [0.1, 0.15) is 17.3 Å². The summed E-state index contributed by atoms with van der Waals surface area (Å²) in [5.41, 5.74) is 1.57. The number of benzene rings is 2. The summed E-state index contributed by atoms with van der Waals surface area (Å²) in [6, 6.07) is 9.84. The Labute approximate surface area is 182 Å². The molecule has 1 unspecified atom stereocenters. The lowest BCUT2D eigenvalue weighted by Gasteiger charge is -2.27. The van der Waals surface area contributed by atoms with Crippen LogP contribution in [0.5, 0.6) is 28.7 Å². The minimum atomic E-state index is -0.514. The van der Waals surface area contributed by atoms with E-state index in [0.717, 1.165) is 0 Å². The molecular formula is C24H18O8. The maximum absolute atomic E-state index is 12.9. The summed E-state index contributed by atoms with van der Waals surface area (Å²) >= 11 is 0. The van der Waals surface area contributed by atoms with Crippen molar-refractivity contribution in [3.05, 3.63) is 70.9 Å². The van der Waals surface area contributed by atoms with Crippen LogP contribution in [0.3, 0.4) is 0 Å². The largest absolute Gasteiger partial charge is 0.502 e. The van der Waals surface area contributed by atoms with Gasteiger partial charge in [0.05, 0.1) is 32.5 Å². The van der Waals surface area contributed by atoms with Crippen LogP contribution < -0.4 is 18.9 Å². The van der Waals surface area contributed by atoms with E-state index < -0.39 is 11.9 Å². The molecule has 3 heterocycles. The molecule has 5 rings (SSSR count). The number of allylic oxidation sites excluding steroid dienone is 1. The zero-order valence-corrected chi connectivity index (χ0v) is 17.2. The van der Waals surface area contributed by atoms with Crippen LogP contribution in [0.25, 0.3) is 6.08 Å². The predicted octanol–water partition coefficient (Wildman–Crippen LogP) is 4.06. The molecule has 0 bridgehead atoms. The van der Waals surface area contributed by atoms with Crippen molar-refractivity contribution >= 4 is 17.8 Å². The summed E-state index contributed by atoms with van der Waals surface area (Å²) in [7, 11) is 2.85. The molecule has 32 heavy (non-hydrogen) atoms. The highest BCUT2D eigenvalue weighted by molar-refractivity contribution is 6.15. The van der Waals surface area contributed by atoms with E-state index in [1.54, 1.807) is 36.4 Å². The smallest absolute Gasteiger partial charge is 0.312 e. The van der Waals surface area contributed by atoms with Crippen molar-refractivity contribution in [2.24, 2.45) is 0 Å². The molecule has 0 aliphatic carbocycles. The van der Waals surface area contributed by atoms with E-state index in [9.17, 15) is 14.7 Å². The summed E-state index contributed by atoms with van der Waals surface area (Å²) < 4.78 is 27.2. The maximum atomic E-state index is 12.9. The Balaban J connectivity index is 1.66. The molecule has 0 saturated carbocycles. The third kappa shape index (κ3) is 3.08. The maximum Gasteiger partial charge on any atom is 0.312 e. The highest BCUT2D eigenvalue weighted by Gasteiger charge is 2.39. The fourth-order valence-electron chi connectivity index (χ4n) is 4.01. The van der Waals surface area contributed by atoms with Gasteiger partial charge in [-0.1, -0.05) is 0 Å². The third-order valence-electron chi connectivity index (χ3n) is 5.50. The Morgan fingerprint density at radius 3 is 2.47 bits per heavy atom. The Bertz CT molecular complexity index is 1240. The number of carbonyl (C=O) groups is 2. The van der Waals surface area contributed by atoms with Crippen molar-refractivity contribution in [1.29, 1.82) is 0 Å². The molecule has 2 aliphatic rings. The fraction of sp³-hybridized carbons (Fsp3) is 0.167. The number of phenols is 1. The number of rotatable bonds is 4. The number of ether oxygens (including phenoxy) is 4. The van der Waals surface area contributed by atoms with Gasteiger partial charge in [-0.2, -0.15) is 0 Å². The minimum Gasteiger partial charge on any atom is -0.502 e. The van der Waals surface area contributed by atoms with E-state index in [4.69, 9.17) is 23.4 Å². The van der Waals surface area contributed by atoms with Gasteiger partial charge in [0.25, 0.3) is 0 Å². The molecule has 0 radical (unpaired) electrons. The molecule has 1 N–H and O–H groups in total. The van der Waals surface area contributed by atoms with Crippen LogP contribution in [0.1, 0.15) is 39.6 Å². The van der Waals surface area contributed by atoms with E-state index in [1.807, 2.05) is 0 Å². The molecule has 0 amide bonds. The zero-order valence-electron chi connectivity index (χ0n) is 17.2. The van der Waals surface area contributed by atoms with Crippen molar-refractivity contribution < 1.29 is 38.1 Å². The first-order chi connectivity index (χ1) is 15.5. The van der Waals surface area contributed by atoms with Crippen LogP contribution in [0.4, 0.5) is 0 Å². The molecule has 3 aromatic rings. The van der Waals surface area contributed by atoms with Gasteiger partial charge in [0, 0.05) is 17.6 Å². The second-order valence-corrected chi connectivity index (χ2v) is 7.31. The Morgan fingerprint density at radius 1 is 1.06 bits per heavy atom. The van der Waals surface area contributed by atoms with Crippen molar-refractivity contribution in [1.82, 2.24) is 0 Å². The van der Waals surface area contributed by atoms with Crippen molar-refractivity contribution in [2.75, 3.05) is 14.2 Å². The van der Waals surface area contributed by atoms with Crippen molar-refractivity contribution in [3.8, 4) is 28.7 Å². The monoisotopic (exact) mass is 434 g/mol. The van der Waals surface area contributed by atoms with E-state index in [0.29, 0.717) is 33.9 Å². The highest BCUT2D eigenvalue weighted by Crippen LogP contribution is 2.51. The number of hydrogen-bond acceptors (Lipinski definition) is 8. The summed E-state index contributed by atoms with van der Waals surface area (Å²) in [5.74, 6) is 0.235.